The zero-order valence-corrected chi connectivity index (χ0v) is 18.7. The molecule has 1 aliphatic rings. The predicted molar refractivity (Wildman–Crippen MR) is 113 cm³/mol. The lowest BCUT2D eigenvalue weighted by atomic mass is 10.1. The number of urea groups is 1. The molecule has 0 spiro atoms. The summed E-state index contributed by atoms with van der Waals surface area (Å²) in [7, 11) is -3.30. The number of nitrogens with zero attached hydrogens (tertiary/aromatic N) is 3. The highest BCUT2D eigenvalue weighted by Gasteiger charge is 2.40. The molecule has 0 bridgehead atoms. The highest BCUT2D eigenvalue weighted by molar-refractivity contribution is 7.86. The number of nitrogens with one attached hydrogen (secondary N) is 2. The van der Waals surface area contributed by atoms with Gasteiger partial charge in [0, 0.05) is 32.1 Å². The molecule has 1 atom stereocenters. The van der Waals surface area contributed by atoms with Crippen molar-refractivity contribution in [2.75, 3.05) is 22.8 Å². The van der Waals surface area contributed by atoms with Gasteiger partial charge in [-0.25, -0.2) is 9.10 Å². The van der Waals surface area contributed by atoms with Crippen LogP contribution in [0.5, 0.6) is 0 Å². The Bertz CT molecular complexity index is 1100. The van der Waals surface area contributed by atoms with Crippen molar-refractivity contribution in [2.24, 2.45) is 7.05 Å². The molecular weight excluding hydrogens is 467 g/mol. The maximum Gasteiger partial charge on any atom is 0.436 e. The summed E-state index contributed by atoms with van der Waals surface area (Å²) in [5.74, 6) is 0. The first-order chi connectivity index (χ1) is 15.4. The van der Waals surface area contributed by atoms with E-state index < -0.39 is 38.5 Å². The van der Waals surface area contributed by atoms with Crippen LogP contribution in [0.25, 0.3) is 0 Å². The van der Waals surface area contributed by atoms with Crippen LogP contribution in [0.1, 0.15) is 30.9 Å². The SMILES string of the molecule is CCc1cc(NC(=O)[NH+]([O-])S(=O)(=O)N(c2cnn(C)c2)C2CCOCC2)cc(C(F)(F)F)c1. The van der Waals surface area contributed by atoms with Crippen LogP contribution in [0.2, 0.25) is 0 Å². The minimum atomic E-state index is -4.86. The summed E-state index contributed by atoms with van der Waals surface area (Å²) in [6.45, 7) is 2.15. The Balaban J connectivity index is 1.90. The Morgan fingerprint density at radius 2 is 2.00 bits per heavy atom. The lowest BCUT2D eigenvalue weighted by Crippen LogP contribution is -3.14. The first-order valence-electron chi connectivity index (χ1n) is 10.1. The van der Waals surface area contributed by atoms with Gasteiger partial charge >= 0.3 is 22.4 Å². The Kier molecular flexibility index (Phi) is 7.31. The lowest BCUT2D eigenvalue weighted by molar-refractivity contribution is -0.604. The third-order valence-corrected chi connectivity index (χ3v) is 6.81. The molecule has 1 fully saturated rings. The van der Waals surface area contributed by atoms with Crippen LogP contribution in [0.15, 0.2) is 30.6 Å². The van der Waals surface area contributed by atoms with Crippen molar-refractivity contribution >= 4 is 27.6 Å². The summed E-state index contributed by atoms with van der Waals surface area (Å²) in [4.78, 5) is 12.6. The van der Waals surface area contributed by atoms with E-state index in [0.29, 0.717) is 6.07 Å². The van der Waals surface area contributed by atoms with E-state index in [1.165, 1.54) is 23.1 Å². The number of carbonyl (C=O) groups excluding carboxylic acids is 1. The van der Waals surface area contributed by atoms with Crippen LogP contribution in [0.4, 0.5) is 29.3 Å². The van der Waals surface area contributed by atoms with Gasteiger partial charge in [-0.1, -0.05) is 6.92 Å². The fourth-order valence-electron chi connectivity index (χ4n) is 3.51. The molecule has 1 unspecified atom stereocenters. The zero-order chi connectivity index (χ0) is 24.4. The molecule has 33 heavy (non-hydrogen) atoms. The second-order valence-electron chi connectivity index (χ2n) is 7.53. The van der Waals surface area contributed by atoms with Gasteiger partial charge in [-0.15, -0.1) is 0 Å². The molecule has 1 aliphatic heterocycles. The average Bonchev–Trinajstić information content (AvgIpc) is 3.18. The van der Waals surface area contributed by atoms with Gasteiger partial charge in [0.05, 0.1) is 23.5 Å². The second kappa shape index (κ2) is 9.67. The molecule has 0 aliphatic carbocycles. The minimum Gasteiger partial charge on any atom is -0.608 e. The van der Waals surface area contributed by atoms with Crippen molar-refractivity contribution in [1.82, 2.24) is 9.78 Å². The van der Waals surface area contributed by atoms with Gasteiger partial charge in [0.15, 0.2) is 0 Å². The van der Waals surface area contributed by atoms with Crippen LogP contribution in [0, 0.1) is 5.21 Å². The number of hydroxylamine groups is 1. The summed E-state index contributed by atoms with van der Waals surface area (Å²) in [6.07, 6.45) is -1.23. The monoisotopic (exact) mass is 491 g/mol. The largest absolute Gasteiger partial charge is 0.608 e. The molecule has 2 heterocycles. The second-order valence-corrected chi connectivity index (χ2v) is 9.24. The Morgan fingerprint density at radius 1 is 1.33 bits per heavy atom. The van der Waals surface area contributed by atoms with E-state index >= 15 is 0 Å². The molecule has 14 heteroatoms. The van der Waals surface area contributed by atoms with Crippen molar-refractivity contribution in [3.8, 4) is 0 Å². The van der Waals surface area contributed by atoms with Gasteiger partial charge in [0.1, 0.15) is 0 Å². The number of anilines is 2. The summed E-state index contributed by atoms with van der Waals surface area (Å²) in [5.41, 5.74) is -0.992. The van der Waals surface area contributed by atoms with E-state index in [0.717, 1.165) is 10.4 Å². The first kappa shape index (κ1) is 25.0. The maximum atomic E-state index is 13.2. The van der Waals surface area contributed by atoms with Gasteiger partial charge in [-0.3, -0.25) is 10.00 Å². The molecule has 1 saturated heterocycles. The van der Waals surface area contributed by atoms with E-state index in [9.17, 15) is 31.6 Å². The summed E-state index contributed by atoms with van der Waals surface area (Å²) >= 11 is 0. The number of aromatic nitrogens is 2. The fraction of sp³-hybridized carbons (Fsp3) is 0.474. The van der Waals surface area contributed by atoms with Crippen molar-refractivity contribution in [1.29, 1.82) is 0 Å². The highest BCUT2D eigenvalue weighted by Crippen LogP contribution is 2.32. The number of amides is 2. The van der Waals surface area contributed by atoms with Crippen LogP contribution >= 0.6 is 0 Å². The molecule has 2 N–H and O–H groups in total. The Morgan fingerprint density at radius 3 is 2.55 bits per heavy atom. The number of quaternary nitrogens is 1. The van der Waals surface area contributed by atoms with Crippen molar-refractivity contribution in [2.45, 2.75) is 38.4 Å². The smallest absolute Gasteiger partial charge is 0.436 e. The van der Waals surface area contributed by atoms with Crippen molar-refractivity contribution < 1.29 is 35.6 Å². The first-order valence-corrected chi connectivity index (χ1v) is 11.5. The van der Waals surface area contributed by atoms with E-state index in [4.69, 9.17) is 4.74 Å². The standard InChI is InChI=1S/C19H24F3N5O5S/c1-3-13-8-14(19(20,21)22)10-15(9-13)24-18(28)27(29)33(30,31)26(16-4-6-32-7-5-16)17-11-23-25(2)12-17/h8-12,16,27H,3-7H2,1-2H3,(H,24,28). The molecule has 1 aromatic carbocycles. The van der Waals surface area contributed by atoms with Crippen LogP contribution < -0.4 is 14.1 Å². The van der Waals surface area contributed by atoms with Crippen LogP contribution in [0.3, 0.4) is 0 Å². The van der Waals surface area contributed by atoms with Gasteiger partial charge < -0.3 is 9.94 Å². The number of rotatable bonds is 6. The summed E-state index contributed by atoms with van der Waals surface area (Å²) in [5, 5.41) is 18.7. The van der Waals surface area contributed by atoms with E-state index in [-0.39, 0.29) is 49.4 Å². The van der Waals surface area contributed by atoms with Crippen molar-refractivity contribution in [3.05, 3.63) is 46.9 Å². The fourth-order valence-corrected chi connectivity index (χ4v) is 4.95. The zero-order valence-electron chi connectivity index (χ0n) is 17.9. The molecule has 182 valence electrons. The normalized spacial score (nSPS) is 16.4. The van der Waals surface area contributed by atoms with Crippen molar-refractivity contribution in [3.63, 3.8) is 0 Å². The number of alkyl halides is 3. The van der Waals surface area contributed by atoms with Crippen LogP contribution in [-0.2, 0) is 34.6 Å². The number of hydrogen-bond donors (Lipinski definition) is 2. The maximum absolute atomic E-state index is 13.2. The van der Waals surface area contributed by atoms with E-state index in [1.807, 2.05) is 5.32 Å². The number of benzene rings is 1. The number of hydrogen-bond acceptors (Lipinski definition) is 6. The number of ether oxygens (including phenoxy) is 1. The van der Waals surface area contributed by atoms with E-state index in [2.05, 4.69) is 5.10 Å². The molecule has 0 saturated carbocycles. The Labute approximate surface area is 188 Å². The molecule has 2 amide bonds. The highest BCUT2D eigenvalue weighted by atomic mass is 32.2. The van der Waals surface area contributed by atoms with Gasteiger partial charge in [-0.05, 0) is 43.0 Å². The third kappa shape index (κ3) is 5.63. The Hall–Kier alpha value is -2.68. The molecule has 0 radical (unpaired) electrons. The lowest BCUT2D eigenvalue weighted by Gasteiger charge is -2.35. The van der Waals surface area contributed by atoms with Gasteiger partial charge in [-0.2, -0.15) is 31.2 Å². The topological polar surface area (TPSA) is 121 Å². The quantitative estimate of drug-likeness (QED) is 0.595. The number of carbonyl (C=O) groups is 1. The molecule has 3 rings (SSSR count). The summed E-state index contributed by atoms with van der Waals surface area (Å²) in [6, 6.07) is 0.615. The molecule has 10 nitrogen and oxygen atoms in total. The molecule has 1 aromatic heterocycles. The number of halogens is 3. The molecular formula is C19H24F3N5O5S. The third-order valence-electron chi connectivity index (χ3n) is 5.13. The minimum absolute atomic E-state index is 0.0953. The van der Waals surface area contributed by atoms with E-state index in [1.54, 1.807) is 14.0 Å². The average molecular weight is 491 g/mol. The predicted octanol–water partition coefficient (Wildman–Crippen LogP) is 1.85. The van der Waals surface area contributed by atoms with Gasteiger partial charge in [0.2, 0.25) is 0 Å². The summed E-state index contributed by atoms with van der Waals surface area (Å²) < 4.78 is 71.5. The van der Waals surface area contributed by atoms with Gasteiger partial charge in [0.25, 0.3) is 0 Å². The molecule has 2 aromatic rings. The number of aryl methyl sites for hydroxylation is 2. The van der Waals surface area contributed by atoms with Crippen LogP contribution in [-0.4, -0.2) is 43.5 Å².